The lowest BCUT2D eigenvalue weighted by molar-refractivity contribution is -0.122. The number of nitrogen functional groups attached to an aromatic ring is 1. The van der Waals surface area contributed by atoms with Crippen molar-refractivity contribution >= 4 is 28.9 Å². The molecule has 110 valence electrons. The maximum absolute atomic E-state index is 12.1. The first kappa shape index (κ1) is 15.1. The van der Waals surface area contributed by atoms with Crippen LogP contribution < -0.4 is 15.8 Å². The van der Waals surface area contributed by atoms with Crippen molar-refractivity contribution in [2.45, 2.75) is 20.0 Å². The van der Waals surface area contributed by atoms with Gasteiger partial charge < -0.3 is 15.8 Å². The monoisotopic (exact) mass is 305 g/mol. The molecular formula is C15H16ClN3O2. The summed E-state index contributed by atoms with van der Waals surface area (Å²) >= 11 is 5.82. The van der Waals surface area contributed by atoms with Gasteiger partial charge in [-0.05, 0) is 31.5 Å². The third-order valence-electron chi connectivity index (χ3n) is 3.00. The molecule has 1 atom stereocenters. The third-order valence-corrected chi connectivity index (χ3v) is 3.20. The molecule has 0 fully saturated rings. The summed E-state index contributed by atoms with van der Waals surface area (Å²) in [6.07, 6.45) is 2.31. The van der Waals surface area contributed by atoms with Gasteiger partial charge >= 0.3 is 0 Å². The van der Waals surface area contributed by atoms with Crippen molar-refractivity contribution in [3.8, 4) is 5.75 Å². The summed E-state index contributed by atoms with van der Waals surface area (Å²) in [4.78, 5) is 16.0. The average molecular weight is 306 g/mol. The molecule has 0 aliphatic rings. The summed E-state index contributed by atoms with van der Waals surface area (Å²) in [6.45, 7) is 3.50. The normalized spacial score (nSPS) is 11.8. The van der Waals surface area contributed by atoms with E-state index in [4.69, 9.17) is 22.1 Å². The van der Waals surface area contributed by atoms with E-state index in [1.54, 1.807) is 31.2 Å². The van der Waals surface area contributed by atoms with Crippen LogP contribution in [-0.2, 0) is 4.79 Å². The summed E-state index contributed by atoms with van der Waals surface area (Å²) < 4.78 is 5.51. The Hall–Kier alpha value is -2.27. The number of rotatable bonds is 4. The van der Waals surface area contributed by atoms with Crippen LogP contribution in [0.25, 0.3) is 0 Å². The van der Waals surface area contributed by atoms with Crippen LogP contribution in [0.4, 0.5) is 11.4 Å². The first-order chi connectivity index (χ1) is 9.97. The van der Waals surface area contributed by atoms with E-state index in [0.29, 0.717) is 22.1 Å². The number of nitrogens with zero attached hydrogens (tertiary/aromatic N) is 1. The topological polar surface area (TPSA) is 77.2 Å². The van der Waals surface area contributed by atoms with Crippen LogP contribution in [0.15, 0.2) is 36.7 Å². The van der Waals surface area contributed by atoms with Gasteiger partial charge in [-0.3, -0.25) is 9.78 Å². The number of halogens is 1. The Morgan fingerprint density at radius 1 is 1.43 bits per heavy atom. The highest BCUT2D eigenvalue weighted by atomic mass is 35.5. The Morgan fingerprint density at radius 3 is 2.90 bits per heavy atom. The zero-order valence-corrected chi connectivity index (χ0v) is 12.5. The predicted molar refractivity (Wildman–Crippen MR) is 83.6 cm³/mol. The number of benzene rings is 1. The second kappa shape index (κ2) is 6.45. The van der Waals surface area contributed by atoms with Gasteiger partial charge in [0.15, 0.2) is 6.10 Å². The van der Waals surface area contributed by atoms with Crippen LogP contribution in [-0.4, -0.2) is 17.0 Å². The van der Waals surface area contributed by atoms with Crippen LogP contribution in [0, 0.1) is 6.92 Å². The summed E-state index contributed by atoms with van der Waals surface area (Å²) in [6, 6.07) is 6.95. The van der Waals surface area contributed by atoms with Gasteiger partial charge in [0.2, 0.25) is 0 Å². The van der Waals surface area contributed by atoms with E-state index in [0.717, 1.165) is 5.56 Å². The zero-order valence-electron chi connectivity index (χ0n) is 11.8. The fourth-order valence-electron chi connectivity index (χ4n) is 1.74. The Morgan fingerprint density at radius 2 is 2.19 bits per heavy atom. The van der Waals surface area contributed by atoms with Gasteiger partial charge in [0.05, 0.1) is 11.2 Å². The highest BCUT2D eigenvalue weighted by Gasteiger charge is 2.16. The van der Waals surface area contributed by atoms with E-state index < -0.39 is 6.10 Å². The van der Waals surface area contributed by atoms with E-state index in [-0.39, 0.29) is 5.91 Å². The fraction of sp³-hybridized carbons (Fsp3) is 0.200. The number of carbonyl (C=O) groups excluding carboxylic acids is 1. The van der Waals surface area contributed by atoms with Crippen molar-refractivity contribution in [1.82, 2.24) is 4.98 Å². The lowest BCUT2D eigenvalue weighted by Gasteiger charge is -2.16. The minimum atomic E-state index is -0.689. The summed E-state index contributed by atoms with van der Waals surface area (Å²) in [5.74, 6) is 0.165. The number of aromatic nitrogens is 1. The van der Waals surface area contributed by atoms with Crippen molar-refractivity contribution in [2.24, 2.45) is 0 Å². The number of ether oxygens (including phenoxy) is 1. The molecule has 5 nitrogen and oxygen atoms in total. The minimum absolute atomic E-state index is 0.274. The van der Waals surface area contributed by atoms with Gasteiger partial charge in [-0.1, -0.05) is 17.7 Å². The van der Waals surface area contributed by atoms with Crippen LogP contribution >= 0.6 is 11.6 Å². The average Bonchev–Trinajstić information content (AvgIpc) is 2.44. The number of amides is 1. The summed E-state index contributed by atoms with van der Waals surface area (Å²) in [7, 11) is 0. The Balaban J connectivity index is 2.04. The van der Waals surface area contributed by atoms with Gasteiger partial charge in [-0.15, -0.1) is 0 Å². The van der Waals surface area contributed by atoms with E-state index >= 15 is 0 Å². The first-order valence-corrected chi connectivity index (χ1v) is 6.78. The third kappa shape index (κ3) is 3.86. The second-order valence-electron chi connectivity index (χ2n) is 4.61. The standard InChI is InChI=1S/C15H16ClN3O2/c1-9-13(17)4-3-5-14(9)19-15(20)10(2)21-12-6-11(16)7-18-8-12/h3-8,10H,17H2,1-2H3,(H,19,20). The maximum atomic E-state index is 12.1. The molecule has 21 heavy (non-hydrogen) atoms. The maximum Gasteiger partial charge on any atom is 0.265 e. The zero-order chi connectivity index (χ0) is 15.4. The fourth-order valence-corrected chi connectivity index (χ4v) is 1.90. The van der Waals surface area contributed by atoms with Gasteiger partial charge in [-0.2, -0.15) is 0 Å². The van der Waals surface area contributed by atoms with Crippen molar-refractivity contribution in [3.63, 3.8) is 0 Å². The van der Waals surface area contributed by atoms with Gasteiger partial charge in [-0.25, -0.2) is 0 Å². The van der Waals surface area contributed by atoms with Crippen LogP contribution in [0.3, 0.4) is 0 Å². The number of anilines is 2. The van der Waals surface area contributed by atoms with Crippen molar-refractivity contribution < 1.29 is 9.53 Å². The molecule has 1 aromatic carbocycles. The predicted octanol–water partition coefficient (Wildman–Crippen LogP) is 3.03. The molecule has 0 aliphatic carbocycles. The molecular weight excluding hydrogens is 290 g/mol. The smallest absolute Gasteiger partial charge is 0.265 e. The van der Waals surface area contributed by atoms with Gasteiger partial charge in [0.1, 0.15) is 5.75 Å². The molecule has 0 saturated carbocycles. The van der Waals surface area contributed by atoms with Crippen molar-refractivity contribution in [1.29, 1.82) is 0 Å². The highest BCUT2D eigenvalue weighted by Crippen LogP contribution is 2.21. The number of hydrogen-bond acceptors (Lipinski definition) is 4. The van der Waals surface area contributed by atoms with Crippen LogP contribution in [0.5, 0.6) is 5.75 Å². The van der Waals surface area contributed by atoms with Gasteiger partial charge in [0.25, 0.3) is 5.91 Å². The van der Waals surface area contributed by atoms with Crippen LogP contribution in [0.2, 0.25) is 5.02 Å². The van der Waals surface area contributed by atoms with Crippen LogP contribution in [0.1, 0.15) is 12.5 Å². The molecule has 1 heterocycles. The lowest BCUT2D eigenvalue weighted by atomic mass is 10.1. The molecule has 2 rings (SSSR count). The Labute approximate surface area is 128 Å². The number of carbonyl (C=O) groups is 1. The molecule has 0 bridgehead atoms. The van der Waals surface area contributed by atoms with E-state index in [2.05, 4.69) is 10.3 Å². The Kier molecular flexibility index (Phi) is 4.65. The minimum Gasteiger partial charge on any atom is -0.479 e. The van der Waals surface area contributed by atoms with E-state index in [1.807, 2.05) is 6.92 Å². The number of nitrogens with two attached hydrogens (primary N) is 1. The SMILES string of the molecule is Cc1c(N)cccc1NC(=O)C(C)Oc1cncc(Cl)c1. The van der Waals surface area contributed by atoms with E-state index in [9.17, 15) is 4.79 Å². The summed E-state index contributed by atoms with van der Waals surface area (Å²) in [5, 5.41) is 3.24. The molecule has 0 saturated heterocycles. The molecule has 1 aromatic heterocycles. The molecule has 0 spiro atoms. The lowest BCUT2D eigenvalue weighted by Crippen LogP contribution is -2.30. The molecule has 6 heteroatoms. The van der Waals surface area contributed by atoms with Gasteiger partial charge in [0, 0.05) is 23.6 Å². The number of nitrogens with one attached hydrogen (secondary N) is 1. The molecule has 1 amide bonds. The number of hydrogen-bond donors (Lipinski definition) is 2. The molecule has 3 N–H and O–H groups in total. The highest BCUT2D eigenvalue weighted by molar-refractivity contribution is 6.30. The van der Waals surface area contributed by atoms with Crippen molar-refractivity contribution in [3.05, 3.63) is 47.2 Å². The Bertz CT molecular complexity index is 661. The molecule has 1 unspecified atom stereocenters. The first-order valence-electron chi connectivity index (χ1n) is 6.40. The molecule has 0 radical (unpaired) electrons. The molecule has 0 aliphatic heterocycles. The largest absolute Gasteiger partial charge is 0.479 e. The van der Waals surface area contributed by atoms with E-state index in [1.165, 1.54) is 12.4 Å². The number of pyridine rings is 1. The quantitative estimate of drug-likeness (QED) is 0.851. The van der Waals surface area contributed by atoms with Crippen molar-refractivity contribution in [2.75, 3.05) is 11.1 Å². The second-order valence-corrected chi connectivity index (χ2v) is 5.04. The molecule has 2 aromatic rings. The summed E-state index contributed by atoms with van der Waals surface area (Å²) in [5.41, 5.74) is 7.92.